The van der Waals surface area contributed by atoms with Crippen LogP contribution in [0.1, 0.15) is 21.5 Å². The molecule has 0 atom stereocenters. The predicted molar refractivity (Wildman–Crippen MR) is 143 cm³/mol. The van der Waals surface area contributed by atoms with Crippen LogP contribution in [0, 0.1) is 5.82 Å². The summed E-state index contributed by atoms with van der Waals surface area (Å²) in [4.78, 5) is 12.5. The average Bonchev–Trinajstić information content (AvgIpc) is 2.90. The van der Waals surface area contributed by atoms with Crippen molar-refractivity contribution in [2.45, 2.75) is 0 Å². The van der Waals surface area contributed by atoms with Gasteiger partial charge >= 0.3 is 0 Å². The molecule has 0 fully saturated rings. The molecule has 9 heteroatoms. The Balaban J connectivity index is 1.84. The third kappa shape index (κ3) is 6.54. The number of carbonyl (C=O) groups excluding carboxylic acids is 1. The highest BCUT2D eigenvalue weighted by Crippen LogP contribution is 2.39. The van der Waals surface area contributed by atoms with E-state index in [1.54, 1.807) is 33.5 Å². The van der Waals surface area contributed by atoms with Crippen LogP contribution in [-0.4, -0.2) is 41.3 Å². The van der Waals surface area contributed by atoms with Crippen LogP contribution in [0.5, 0.6) is 28.7 Å². The van der Waals surface area contributed by atoms with Gasteiger partial charge in [-0.2, -0.15) is 0 Å². The van der Waals surface area contributed by atoms with Gasteiger partial charge in [-0.1, -0.05) is 23.8 Å². The first-order valence-corrected chi connectivity index (χ1v) is 11.4. The lowest BCUT2D eigenvalue weighted by Crippen LogP contribution is -1.99. The Hall–Kier alpha value is -4.17. The minimum atomic E-state index is -0.616. The van der Waals surface area contributed by atoms with Gasteiger partial charge in [0.25, 0.3) is 0 Å². The van der Waals surface area contributed by atoms with Crippen LogP contribution in [0.15, 0.2) is 54.7 Å². The molecule has 0 unspecified atom stereocenters. The van der Waals surface area contributed by atoms with Crippen LogP contribution in [0.2, 0.25) is 5.02 Å². The lowest BCUT2D eigenvalue weighted by atomic mass is 10.1. The summed E-state index contributed by atoms with van der Waals surface area (Å²) in [5, 5.41) is 3.38. The summed E-state index contributed by atoms with van der Waals surface area (Å²) in [6.07, 6.45) is 6.44. The summed E-state index contributed by atoms with van der Waals surface area (Å²) < 4.78 is 40.4. The largest absolute Gasteiger partial charge is 0.494 e. The van der Waals surface area contributed by atoms with Crippen molar-refractivity contribution in [2.24, 2.45) is 0 Å². The smallest absolute Gasteiger partial charge is 0.203 e. The molecule has 3 rings (SSSR count). The summed E-state index contributed by atoms with van der Waals surface area (Å²) in [7, 11) is 7.49. The lowest BCUT2D eigenvalue weighted by Gasteiger charge is -2.13. The van der Waals surface area contributed by atoms with E-state index in [0.29, 0.717) is 33.7 Å². The molecular formula is C28H27ClFNO6. The van der Waals surface area contributed by atoms with E-state index in [9.17, 15) is 9.18 Å². The number of ether oxygens (including phenoxy) is 5. The summed E-state index contributed by atoms with van der Waals surface area (Å²) in [5.74, 6) is 1.02. The zero-order chi connectivity index (χ0) is 26.9. The van der Waals surface area contributed by atoms with Crippen molar-refractivity contribution in [3.8, 4) is 28.7 Å². The van der Waals surface area contributed by atoms with Crippen LogP contribution < -0.4 is 29.0 Å². The van der Waals surface area contributed by atoms with E-state index in [1.807, 2.05) is 24.3 Å². The fraction of sp³-hybridized carbons (Fsp3) is 0.179. The van der Waals surface area contributed by atoms with Crippen LogP contribution in [0.3, 0.4) is 0 Å². The highest BCUT2D eigenvalue weighted by Gasteiger charge is 2.13. The summed E-state index contributed by atoms with van der Waals surface area (Å²) in [6.45, 7) is 0. The van der Waals surface area contributed by atoms with Crippen molar-refractivity contribution in [3.05, 3.63) is 82.3 Å². The second-order valence-corrected chi connectivity index (χ2v) is 7.97. The third-order valence-corrected chi connectivity index (χ3v) is 5.62. The van der Waals surface area contributed by atoms with E-state index in [-0.39, 0.29) is 11.3 Å². The van der Waals surface area contributed by atoms with Gasteiger partial charge in [-0.15, -0.1) is 0 Å². The monoisotopic (exact) mass is 527 g/mol. The first kappa shape index (κ1) is 27.4. The first-order chi connectivity index (χ1) is 17.8. The highest BCUT2D eigenvalue weighted by molar-refractivity contribution is 6.32. The van der Waals surface area contributed by atoms with E-state index in [1.165, 1.54) is 38.6 Å². The van der Waals surface area contributed by atoms with Gasteiger partial charge in [-0.25, -0.2) is 4.39 Å². The number of halogens is 2. The van der Waals surface area contributed by atoms with Crippen molar-refractivity contribution >= 4 is 35.2 Å². The molecule has 0 aliphatic rings. The standard InChI is InChI=1S/C28H27ClFNO6/c1-33-24-9-8-19(16-21(24)30)23(32)10-11-31-22-13-17(12-20(29)27(22)36-4)6-7-18-14-25(34-2)28(37-5)26(15-18)35-3/h6-16,31H,1-5H3. The molecule has 0 saturated carbocycles. The minimum absolute atomic E-state index is 0.0643. The maximum absolute atomic E-state index is 13.9. The van der Waals surface area contributed by atoms with E-state index in [4.69, 9.17) is 35.3 Å². The van der Waals surface area contributed by atoms with Crippen molar-refractivity contribution in [2.75, 3.05) is 40.9 Å². The maximum Gasteiger partial charge on any atom is 0.203 e. The van der Waals surface area contributed by atoms with Gasteiger partial charge < -0.3 is 29.0 Å². The van der Waals surface area contributed by atoms with Gasteiger partial charge in [0, 0.05) is 17.8 Å². The molecule has 0 aromatic heterocycles. The molecule has 37 heavy (non-hydrogen) atoms. The quantitative estimate of drug-likeness (QED) is 0.173. The SMILES string of the molecule is COc1ccc(C(=O)C=CNc2cc(C=Cc3cc(OC)c(OC)c(OC)c3)cc(Cl)c2OC)cc1F. The number of carbonyl (C=O) groups is 1. The van der Waals surface area contributed by atoms with Crippen molar-refractivity contribution in [3.63, 3.8) is 0 Å². The van der Waals surface area contributed by atoms with Crippen molar-refractivity contribution in [1.82, 2.24) is 0 Å². The molecule has 0 saturated heterocycles. The molecule has 0 aliphatic heterocycles. The van der Waals surface area contributed by atoms with E-state index in [2.05, 4.69) is 5.32 Å². The van der Waals surface area contributed by atoms with E-state index >= 15 is 0 Å². The number of benzene rings is 3. The van der Waals surface area contributed by atoms with Crippen molar-refractivity contribution in [1.29, 1.82) is 0 Å². The Morgan fingerprint density at radius 3 is 1.92 bits per heavy atom. The van der Waals surface area contributed by atoms with Gasteiger partial charge in [0.15, 0.2) is 34.6 Å². The summed E-state index contributed by atoms with van der Waals surface area (Å²) in [6, 6.07) is 11.2. The first-order valence-electron chi connectivity index (χ1n) is 11.0. The van der Waals surface area contributed by atoms with Gasteiger partial charge in [-0.3, -0.25) is 4.79 Å². The van der Waals surface area contributed by atoms with Gasteiger partial charge in [-0.05, 0) is 53.6 Å². The molecule has 1 N–H and O–H groups in total. The number of nitrogens with one attached hydrogen (secondary N) is 1. The number of allylic oxidation sites excluding steroid dienone is 1. The highest BCUT2D eigenvalue weighted by atomic mass is 35.5. The number of anilines is 1. The molecule has 194 valence electrons. The summed E-state index contributed by atoms with van der Waals surface area (Å²) >= 11 is 6.43. The van der Waals surface area contributed by atoms with Gasteiger partial charge in [0.2, 0.25) is 5.75 Å². The second kappa shape index (κ2) is 12.7. The van der Waals surface area contributed by atoms with Crippen LogP contribution in [0.25, 0.3) is 12.2 Å². The maximum atomic E-state index is 13.9. The third-order valence-electron chi connectivity index (χ3n) is 5.34. The Morgan fingerprint density at radius 2 is 1.38 bits per heavy atom. The number of hydrogen-bond acceptors (Lipinski definition) is 7. The van der Waals surface area contributed by atoms with E-state index < -0.39 is 11.6 Å². The number of methoxy groups -OCH3 is 5. The number of ketones is 1. The molecule has 0 radical (unpaired) electrons. The molecule has 0 amide bonds. The average molecular weight is 528 g/mol. The van der Waals surface area contributed by atoms with Crippen molar-refractivity contribution < 1.29 is 32.9 Å². The molecule has 0 spiro atoms. The van der Waals surface area contributed by atoms with Gasteiger partial charge in [0.05, 0.1) is 46.3 Å². The fourth-order valence-electron chi connectivity index (χ4n) is 3.54. The normalized spacial score (nSPS) is 11.0. The van der Waals surface area contributed by atoms with E-state index in [0.717, 1.165) is 17.2 Å². The Morgan fingerprint density at radius 1 is 0.784 bits per heavy atom. The molecule has 7 nitrogen and oxygen atoms in total. The zero-order valence-corrected chi connectivity index (χ0v) is 21.8. The Bertz CT molecular complexity index is 1310. The topological polar surface area (TPSA) is 75.3 Å². The lowest BCUT2D eigenvalue weighted by molar-refractivity contribution is 0.104. The van der Waals surface area contributed by atoms with Crippen LogP contribution >= 0.6 is 11.6 Å². The molecular weight excluding hydrogens is 501 g/mol. The molecule has 0 heterocycles. The minimum Gasteiger partial charge on any atom is -0.494 e. The number of rotatable bonds is 11. The van der Waals surface area contributed by atoms with Gasteiger partial charge in [0.1, 0.15) is 0 Å². The molecule has 0 aliphatic carbocycles. The Labute approximate surface area is 220 Å². The summed E-state index contributed by atoms with van der Waals surface area (Å²) in [5.41, 5.74) is 2.29. The van der Waals surface area contributed by atoms with Crippen LogP contribution in [-0.2, 0) is 0 Å². The molecule has 3 aromatic carbocycles. The predicted octanol–water partition coefficient (Wildman–Crippen LogP) is 6.50. The Kier molecular flexibility index (Phi) is 9.40. The molecule has 0 bridgehead atoms. The molecule has 3 aromatic rings. The number of hydrogen-bond donors (Lipinski definition) is 1. The zero-order valence-electron chi connectivity index (χ0n) is 21.1. The van der Waals surface area contributed by atoms with Crippen LogP contribution in [0.4, 0.5) is 10.1 Å². The fourth-order valence-corrected chi connectivity index (χ4v) is 3.84. The second-order valence-electron chi connectivity index (χ2n) is 7.57.